The molecule has 3 rings (SSSR count). The van der Waals surface area contributed by atoms with Crippen molar-refractivity contribution < 1.29 is 19.1 Å². The first-order chi connectivity index (χ1) is 10.2. The fourth-order valence-electron chi connectivity index (χ4n) is 2.22. The molecule has 0 unspecified atom stereocenters. The van der Waals surface area contributed by atoms with Crippen molar-refractivity contribution in [2.24, 2.45) is 0 Å². The smallest absolute Gasteiger partial charge is 0.415 e. The van der Waals surface area contributed by atoms with Gasteiger partial charge in [-0.3, -0.25) is 9.69 Å². The average molecular weight is 307 g/mol. The number of carbonyl (C=O) groups is 3. The number of amides is 2. The minimum atomic E-state index is -0.479. The molecule has 1 aromatic heterocycles. The van der Waals surface area contributed by atoms with E-state index in [1.54, 1.807) is 6.07 Å². The van der Waals surface area contributed by atoms with Gasteiger partial charge in [-0.25, -0.2) is 9.78 Å². The molecule has 0 spiro atoms. The summed E-state index contributed by atoms with van der Waals surface area (Å²) in [6, 6.07) is 3.56. The SMILES string of the molecule is O=CCC[C@@H]1CN(c2ccc3c(n2)NC(=O)CS3)C(=O)O1. The summed E-state index contributed by atoms with van der Waals surface area (Å²) in [5.74, 6) is 1.17. The number of thioether (sulfide) groups is 1. The number of aromatic nitrogens is 1. The Kier molecular flexibility index (Phi) is 3.78. The fourth-order valence-corrected chi connectivity index (χ4v) is 2.97. The lowest BCUT2D eigenvalue weighted by atomic mass is 10.2. The van der Waals surface area contributed by atoms with E-state index in [0.29, 0.717) is 36.8 Å². The van der Waals surface area contributed by atoms with E-state index in [2.05, 4.69) is 10.3 Å². The monoisotopic (exact) mass is 307 g/mol. The predicted molar refractivity (Wildman–Crippen MR) is 76.5 cm³/mol. The van der Waals surface area contributed by atoms with Crippen LogP contribution in [0.1, 0.15) is 12.8 Å². The predicted octanol–water partition coefficient (Wildman–Crippen LogP) is 1.43. The lowest BCUT2D eigenvalue weighted by molar-refractivity contribution is -0.114. The topological polar surface area (TPSA) is 88.6 Å². The maximum absolute atomic E-state index is 11.9. The zero-order valence-corrected chi connectivity index (χ0v) is 11.9. The fraction of sp³-hybridized carbons (Fsp3) is 0.385. The van der Waals surface area contributed by atoms with E-state index in [1.165, 1.54) is 16.7 Å². The van der Waals surface area contributed by atoms with Gasteiger partial charge in [-0.15, -0.1) is 11.8 Å². The van der Waals surface area contributed by atoms with Gasteiger partial charge in [-0.05, 0) is 18.6 Å². The molecule has 2 amide bonds. The van der Waals surface area contributed by atoms with Crippen LogP contribution in [0.15, 0.2) is 17.0 Å². The summed E-state index contributed by atoms with van der Waals surface area (Å²) >= 11 is 1.41. The molecule has 1 N–H and O–H groups in total. The Labute approximate surface area is 125 Å². The molecule has 8 heteroatoms. The number of aldehydes is 1. The van der Waals surface area contributed by atoms with E-state index in [9.17, 15) is 14.4 Å². The molecule has 0 radical (unpaired) electrons. The van der Waals surface area contributed by atoms with Gasteiger partial charge in [-0.1, -0.05) is 0 Å². The second-order valence-electron chi connectivity index (χ2n) is 4.71. The summed E-state index contributed by atoms with van der Waals surface area (Å²) in [5.41, 5.74) is 0. The van der Waals surface area contributed by atoms with Gasteiger partial charge >= 0.3 is 6.09 Å². The third-order valence-corrected chi connectivity index (χ3v) is 4.26. The lowest BCUT2D eigenvalue weighted by Gasteiger charge is -2.18. The highest BCUT2D eigenvalue weighted by Crippen LogP contribution is 2.32. The van der Waals surface area contributed by atoms with Crippen LogP contribution < -0.4 is 10.2 Å². The highest BCUT2D eigenvalue weighted by molar-refractivity contribution is 8.00. The second-order valence-corrected chi connectivity index (χ2v) is 5.73. The lowest BCUT2D eigenvalue weighted by Crippen LogP contribution is -2.27. The van der Waals surface area contributed by atoms with Crippen LogP contribution in [0.25, 0.3) is 0 Å². The van der Waals surface area contributed by atoms with E-state index < -0.39 is 6.09 Å². The molecule has 2 aliphatic rings. The van der Waals surface area contributed by atoms with Gasteiger partial charge < -0.3 is 14.8 Å². The molecule has 3 heterocycles. The molecule has 2 aliphatic heterocycles. The Balaban J connectivity index is 1.78. The summed E-state index contributed by atoms with van der Waals surface area (Å²) in [6.45, 7) is 0.361. The largest absolute Gasteiger partial charge is 0.444 e. The van der Waals surface area contributed by atoms with Crippen molar-refractivity contribution >= 4 is 41.7 Å². The molecule has 0 aromatic carbocycles. The highest BCUT2D eigenvalue weighted by Gasteiger charge is 2.33. The number of cyclic esters (lactones) is 1. The van der Waals surface area contributed by atoms with Crippen molar-refractivity contribution in [2.45, 2.75) is 23.8 Å². The molecule has 7 nitrogen and oxygen atoms in total. The summed E-state index contributed by atoms with van der Waals surface area (Å²) in [6.07, 6.45) is 0.886. The summed E-state index contributed by atoms with van der Waals surface area (Å²) in [4.78, 5) is 40.2. The molecule has 1 atom stereocenters. The van der Waals surface area contributed by atoms with E-state index in [-0.39, 0.29) is 12.0 Å². The first-order valence-electron chi connectivity index (χ1n) is 6.53. The van der Waals surface area contributed by atoms with E-state index >= 15 is 0 Å². The van der Waals surface area contributed by atoms with E-state index in [1.807, 2.05) is 6.07 Å². The Hall–Kier alpha value is -2.09. The van der Waals surface area contributed by atoms with Crippen molar-refractivity contribution in [3.63, 3.8) is 0 Å². The van der Waals surface area contributed by atoms with Crippen molar-refractivity contribution in [3.8, 4) is 0 Å². The molecule has 1 saturated heterocycles. The second kappa shape index (κ2) is 5.72. The number of carbonyl (C=O) groups excluding carboxylic acids is 3. The van der Waals surface area contributed by atoms with Crippen LogP contribution in [0.2, 0.25) is 0 Å². The van der Waals surface area contributed by atoms with Crippen LogP contribution in [-0.4, -0.2) is 41.7 Å². The Morgan fingerprint density at radius 1 is 1.48 bits per heavy atom. The molecular weight excluding hydrogens is 294 g/mol. The van der Waals surface area contributed by atoms with Crippen molar-refractivity contribution in [3.05, 3.63) is 12.1 Å². The Bertz CT molecular complexity index is 607. The van der Waals surface area contributed by atoms with Crippen LogP contribution in [0.3, 0.4) is 0 Å². The van der Waals surface area contributed by atoms with Gasteiger partial charge in [0.05, 0.1) is 17.2 Å². The third kappa shape index (κ3) is 2.85. The standard InChI is InChI=1S/C13H13N3O4S/c17-5-1-2-8-6-16(13(19)20-8)10-4-3-9-12(14-10)15-11(18)7-21-9/h3-5,8H,1-2,6-7H2,(H,14,15,18)/t8-/m1/s1. The number of ether oxygens (including phenoxy) is 1. The van der Waals surface area contributed by atoms with Gasteiger partial charge in [0, 0.05) is 6.42 Å². The van der Waals surface area contributed by atoms with Gasteiger partial charge in [-0.2, -0.15) is 0 Å². The number of hydrogen-bond acceptors (Lipinski definition) is 6. The highest BCUT2D eigenvalue weighted by atomic mass is 32.2. The number of nitrogens with one attached hydrogen (secondary N) is 1. The molecule has 110 valence electrons. The van der Waals surface area contributed by atoms with E-state index in [4.69, 9.17) is 4.74 Å². The first kappa shape index (κ1) is 13.9. The maximum Gasteiger partial charge on any atom is 0.415 e. The number of rotatable bonds is 4. The van der Waals surface area contributed by atoms with Crippen molar-refractivity contribution in [2.75, 3.05) is 22.5 Å². The minimum absolute atomic E-state index is 0.106. The van der Waals surface area contributed by atoms with Crippen LogP contribution in [0, 0.1) is 0 Å². The summed E-state index contributed by atoms with van der Waals surface area (Å²) in [7, 11) is 0. The number of fused-ring (bicyclic) bond motifs is 1. The zero-order chi connectivity index (χ0) is 14.8. The van der Waals surface area contributed by atoms with E-state index in [0.717, 1.165) is 11.2 Å². The molecular formula is C13H13N3O4S. The van der Waals surface area contributed by atoms with Crippen LogP contribution in [0.4, 0.5) is 16.4 Å². The average Bonchev–Trinajstić information content (AvgIpc) is 2.85. The number of pyridine rings is 1. The van der Waals surface area contributed by atoms with Crippen LogP contribution in [-0.2, 0) is 14.3 Å². The number of hydrogen-bond donors (Lipinski definition) is 1. The van der Waals surface area contributed by atoms with Crippen LogP contribution in [0.5, 0.6) is 0 Å². The number of nitrogens with zero attached hydrogens (tertiary/aromatic N) is 2. The Morgan fingerprint density at radius 3 is 3.14 bits per heavy atom. The molecule has 1 fully saturated rings. The van der Waals surface area contributed by atoms with Crippen molar-refractivity contribution in [1.82, 2.24) is 4.98 Å². The third-order valence-electron chi connectivity index (χ3n) is 3.22. The normalized spacial score (nSPS) is 20.8. The molecule has 0 bridgehead atoms. The molecule has 0 saturated carbocycles. The van der Waals surface area contributed by atoms with Gasteiger partial charge in [0.25, 0.3) is 0 Å². The van der Waals surface area contributed by atoms with Gasteiger partial charge in [0.1, 0.15) is 24.0 Å². The molecule has 1 aromatic rings. The number of anilines is 2. The van der Waals surface area contributed by atoms with Crippen LogP contribution >= 0.6 is 11.8 Å². The van der Waals surface area contributed by atoms with Crippen molar-refractivity contribution in [1.29, 1.82) is 0 Å². The summed E-state index contributed by atoms with van der Waals surface area (Å²) in [5, 5.41) is 2.69. The van der Waals surface area contributed by atoms with Gasteiger partial charge in [0.2, 0.25) is 5.91 Å². The minimum Gasteiger partial charge on any atom is -0.444 e. The Morgan fingerprint density at radius 2 is 2.33 bits per heavy atom. The van der Waals surface area contributed by atoms with Gasteiger partial charge in [0.15, 0.2) is 0 Å². The molecule has 21 heavy (non-hydrogen) atoms. The summed E-state index contributed by atoms with van der Waals surface area (Å²) < 4.78 is 5.19. The first-order valence-corrected chi connectivity index (χ1v) is 7.51. The quantitative estimate of drug-likeness (QED) is 0.847. The maximum atomic E-state index is 11.9. The zero-order valence-electron chi connectivity index (χ0n) is 11.1. The molecule has 0 aliphatic carbocycles.